The second-order valence-electron chi connectivity index (χ2n) is 12.1. The highest BCUT2D eigenvalue weighted by atomic mass is 32.1. The van der Waals surface area contributed by atoms with Gasteiger partial charge in [0, 0.05) is 37.2 Å². The van der Waals surface area contributed by atoms with Gasteiger partial charge in [0.1, 0.15) is 0 Å². The van der Waals surface area contributed by atoms with Gasteiger partial charge in [-0.3, -0.25) is 0 Å². The van der Waals surface area contributed by atoms with Crippen molar-refractivity contribution in [3.63, 3.8) is 0 Å². The Hall–Kier alpha value is -5.44. The molecule has 2 aliphatic rings. The van der Waals surface area contributed by atoms with Crippen LogP contribution in [-0.4, -0.2) is 0 Å². The van der Waals surface area contributed by atoms with E-state index in [2.05, 4.69) is 169 Å². The van der Waals surface area contributed by atoms with Crippen molar-refractivity contribution >= 4 is 48.6 Å². The lowest BCUT2D eigenvalue weighted by molar-refractivity contribution is 0.794. The molecule has 1 heterocycles. The van der Waals surface area contributed by atoms with Crippen LogP contribution >= 0.6 is 11.3 Å². The van der Waals surface area contributed by atoms with E-state index in [1.54, 1.807) is 0 Å². The van der Waals surface area contributed by atoms with Crippen LogP contribution in [0.2, 0.25) is 0 Å². The highest BCUT2D eigenvalue weighted by molar-refractivity contribution is 7.25. The summed E-state index contributed by atoms with van der Waals surface area (Å²) >= 11 is 1.87. The fourth-order valence-corrected chi connectivity index (χ4v) is 9.24. The van der Waals surface area contributed by atoms with Gasteiger partial charge in [-0.1, -0.05) is 121 Å². The van der Waals surface area contributed by atoms with Crippen molar-refractivity contribution in [3.8, 4) is 22.3 Å². The number of hydrogen-bond acceptors (Lipinski definition) is 2. The first kappa shape index (κ1) is 24.9. The molecule has 2 heteroatoms. The molecule has 0 fully saturated rings. The Labute approximate surface area is 266 Å². The molecule has 0 unspecified atom stereocenters. The minimum Gasteiger partial charge on any atom is -0.310 e. The molecule has 8 aromatic rings. The van der Waals surface area contributed by atoms with Gasteiger partial charge < -0.3 is 4.90 Å². The van der Waals surface area contributed by atoms with Crippen molar-refractivity contribution in [2.75, 3.05) is 4.90 Å². The maximum Gasteiger partial charge on any atom is 0.0725 e. The number of rotatable bonds is 3. The van der Waals surface area contributed by atoms with Crippen molar-refractivity contribution < 1.29 is 0 Å². The van der Waals surface area contributed by atoms with Crippen molar-refractivity contribution in [1.82, 2.24) is 0 Å². The average molecular weight is 590 g/mol. The van der Waals surface area contributed by atoms with E-state index in [9.17, 15) is 0 Å². The van der Waals surface area contributed by atoms with E-state index in [1.807, 2.05) is 11.3 Å². The van der Waals surface area contributed by atoms with Crippen LogP contribution in [0.4, 0.5) is 17.1 Å². The van der Waals surface area contributed by atoms with Crippen LogP contribution in [-0.2, 0) is 5.41 Å². The zero-order chi connectivity index (χ0) is 29.5. The first-order valence-electron chi connectivity index (χ1n) is 15.5. The molecule has 1 aromatic heterocycles. The van der Waals surface area contributed by atoms with Crippen LogP contribution in [0.25, 0.3) is 42.4 Å². The van der Waals surface area contributed by atoms with Crippen LogP contribution in [0.15, 0.2) is 164 Å². The molecule has 1 nitrogen and oxygen atoms in total. The summed E-state index contributed by atoms with van der Waals surface area (Å²) in [7, 11) is 0. The predicted octanol–water partition coefficient (Wildman–Crippen LogP) is 11.9. The molecule has 7 aromatic carbocycles. The minimum absolute atomic E-state index is 0.328. The van der Waals surface area contributed by atoms with Gasteiger partial charge in [-0.2, -0.15) is 0 Å². The van der Waals surface area contributed by atoms with Crippen molar-refractivity contribution in [1.29, 1.82) is 0 Å². The summed E-state index contributed by atoms with van der Waals surface area (Å²) in [6.45, 7) is 0. The van der Waals surface area contributed by atoms with E-state index in [0.29, 0.717) is 0 Å². The lowest BCUT2D eigenvalue weighted by Gasteiger charge is -2.31. The van der Waals surface area contributed by atoms with Crippen LogP contribution in [0.1, 0.15) is 22.3 Å². The fraction of sp³-hybridized carbons (Fsp3) is 0.0233. The SMILES string of the molecule is c1ccc(N(c2ccc3c(c2)-c2ccccc2C32c3ccccc3-c3ccccc32)c2ccc3c(c2)sc2ccccc23)cc1. The molecule has 10 rings (SSSR count). The van der Waals surface area contributed by atoms with Crippen LogP contribution in [0, 0.1) is 0 Å². The highest BCUT2D eigenvalue weighted by Crippen LogP contribution is 2.63. The van der Waals surface area contributed by atoms with E-state index in [1.165, 1.54) is 64.7 Å². The molecule has 0 saturated carbocycles. The van der Waals surface area contributed by atoms with Crippen LogP contribution < -0.4 is 4.90 Å². The summed E-state index contributed by atoms with van der Waals surface area (Å²) in [6.07, 6.45) is 0. The molecule has 0 saturated heterocycles. The summed E-state index contributed by atoms with van der Waals surface area (Å²) in [4.78, 5) is 2.41. The number of benzene rings is 7. The third-order valence-corrected chi connectivity index (χ3v) is 11.0. The number of nitrogens with zero attached hydrogens (tertiary/aromatic N) is 1. The maximum atomic E-state index is 2.43. The summed E-state index contributed by atoms with van der Waals surface area (Å²) < 4.78 is 2.63. The smallest absolute Gasteiger partial charge is 0.0725 e. The largest absolute Gasteiger partial charge is 0.310 e. The van der Waals surface area contributed by atoms with Crippen molar-refractivity contribution in [2.45, 2.75) is 5.41 Å². The topological polar surface area (TPSA) is 3.24 Å². The van der Waals surface area contributed by atoms with Gasteiger partial charge in [0.05, 0.1) is 5.41 Å². The molecule has 210 valence electrons. The van der Waals surface area contributed by atoms with Gasteiger partial charge in [-0.15, -0.1) is 11.3 Å². The Kier molecular flexibility index (Phi) is 5.14. The quantitative estimate of drug-likeness (QED) is 0.198. The van der Waals surface area contributed by atoms with Gasteiger partial charge in [0.15, 0.2) is 0 Å². The number of hydrogen-bond donors (Lipinski definition) is 0. The molecule has 1 spiro atoms. The van der Waals surface area contributed by atoms with Gasteiger partial charge in [-0.05, 0) is 87.0 Å². The fourth-order valence-electron chi connectivity index (χ4n) is 8.10. The third kappa shape index (κ3) is 3.32. The van der Waals surface area contributed by atoms with E-state index >= 15 is 0 Å². The maximum absolute atomic E-state index is 2.43. The summed E-state index contributed by atoms with van der Waals surface area (Å²) in [6, 6.07) is 60.6. The minimum atomic E-state index is -0.328. The van der Waals surface area contributed by atoms with E-state index in [0.717, 1.165) is 17.1 Å². The predicted molar refractivity (Wildman–Crippen MR) is 190 cm³/mol. The van der Waals surface area contributed by atoms with Gasteiger partial charge >= 0.3 is 0 Å². The molecular formula is C43H27NS. The van der Waals surface area contributed by atoms with Crippen molar-refractivity contribution in [2.24, 2.45) is 0 Å². The summed E-state index contributed by atoms with van der Waals surface area (Å²) in [5.74, 6) is 0. The van der Waals surface area contributed by atoms with Crippen LogP contribution in [0.5, 0.6) is 0 Å². The molecule has 0 bridgehead atoms. The zero-order valence-corrected chi connectivity index (χ0v) is 25.3. The van der Waals surface area contributed by atoms with E-state index < -0.39 is 0 Å². The monoisotopic (exact) mass is 589 g/mol. The Morgan fingerprint density at radius 3 is 1.58 bits per heavy atom. The molecule has 0 radical (unpaired) electrons. The Balaban J connectivity index is 1.22. The van der Waals surface area contributed by atoms with E-state index in [-0.39, 0.29) is 5.41 Å². The Morgan fingerprint density at radius 1 is 0.356 bits per heavy atom. The second kappa shape index (κ2) is 9.28. The highest BCUT2D eigenvalue weighted by Gasteiger charge is 2.51. The molecule has 0 amide bonds. The summed E-state index contributed by atoms with van der Waals surface area (Å²) in [5.41, 5.74) is 13.9. The number of anilines is 3. The molecule has 45 heavy (non-hydrogen) atoms. The summed E-state index contributed by atoms with van der Waals surface area (Å²) in [5, 5.41) is 2.64. The Morgan fingerprint density at radius 2 is 0.867 bits per heavy atom. The zero-order valence-electron chi connectivity index (χ0n) is 24.4. The third-order valence-electron chi connectivity index (χ3n) is 9.87. The molecule has 2 aliphatic carbocycles. The lowest BCUT2D eigenvalue weighted by atomic mass is 9.70. The van der Waals surface area contributed by atoms with E-state index in [4.69, 9.17) is 0 Å². The van der Waals surface area contributed by atoms with Crippen LogP contribution in [0.3, 0.4) is 0 Å². The van der Waals surface area contributed by atoms with Gasteiger partial charge in [-0.25, -0.2) is 0 Å². The first-order valence-corrected chi connectivity index (χ1v) is 16.3. The first-order chi connectivity index (χ1) is 22.3. The number of fused-ring (bicyclic) bond motifs is 13. The second-order valence-corrected chi connectivity index (χ2v) is 13.2. The Bertz CT molecular complexity index is 2410. The lowest BCUT2D eigenvalue weighted by Crippen LogP contribution is -2.25. The molecule has 0 N–H and O–H groups in total. The average Bonchev–Trinajstić information content (AvgIpc) is 3.72. The molecule has 0 aliphatic heterocycles. The molecule has 0 atom stereocenters. The van der Waals surface area contributed by atoms with Gasteiger partial charge in [0.25, 0.3) is 0 Å². The number of para-hydroxylation sites is 1. The standard InChI is InChI=1S/C43H27NS/c1-2-12-28(13-3-1)44(30-22-24-35-34-17-7-11-21-41(34)45-42(35)27-30)29-23-25-40-36(26-29)33-16-6-10-20-39(33)43(40)37-18-8-4-14-31(37)32-15-5-9-19-38(32)43/h1-27H. The molecular weight excluding hydrogens is 563 g/mol. The van der Waals surface area contributed by atoms with Crippen molar-refractivity contribution in [3.05, 3.63) is 186 Å². The van der Waals surface area contributed by atoms with Gasteiger partial charge in [0.2, 0.25) is 0 Å². The number of thiophene rings is 1. The normalized spacial score (nSPS) is 13.5.